The number of aliphatic imine (C=N–C) groups is 1. The van der Waals surface area contributed by atoms with E-state index in [0.717, 1.165) is 11.1 Å². The highest BCUT2D eigenvalue weighted by Crippen LogP contribution is 2.37. The van der Waals surface area contributed by atoms with Crippen LogP contribution in [0.2, 0.25) is 5.02 Å². The Kier molecular flexibility index (Phi) is 7.04. The summed E-state index contributed by atoms with van der Waals surface area (Å²) in [5, 5.41) is 3.35. The predicted octanol–water partition coefficient (Wildman–Crippen LogP) is 5.84. The van der Waals surface area contributed by atoms with Gasteiger partial charge in [-0.1, -0.05) is 43.7 Å². The molecule has 35 heavy (non-hydrogen) atoms. The first-order valence-corrected chi connectivity index (χ1v) is 12.3. The van der Waals surface area contributed by atoms with Crippen molar-refractivity contribution in [2.24, 2.45) is 16.8 Å². The number of aromatic nitrogens is 1. The van der Waals surface area contributed by atoms with Crippen LogP contribution < -0.4 is 5.32 Å². The summed E-state index contributed by atoms with van der Waals surface area (Å²) >= 11 is 6.53. The molecule has 0 bridgehead atoms. The summed E-state index contributed by atoms with van der Waals surface area (Å²) in [7, 11) is 0. The van der Waals surface area contributed by atoms with E-state index in [9.17, 15) is 13.6 Å². The molecule has 4 rings (SSSR count). The van der Waals surface area contributed by atoms with Gasteiger partial charge in [0.2, 0.25) is 5.90 Å². The van der Waals surface area contributed by atoms with Crippen molar-refractivity contribution >= 4 is 29.1 Å². The van der Waals surface area contributed by atoms with Crippen LogP contribution in [-0.4, -0.2) is 53.0 Å². The fourth-order valence-corrected chi connectivity index (χ4v) is 4.75. The average molecular weight is 505 g/mol. The second-order valence-corrected chi connectivity index (χ2v) is 10.3. The number of carbonyl (C=O) groups is 1. The molecule has 9 heteroatoms. The normalized spacial score (nSPS) is 23.9. The Morgan fingerprint density at radius 2 is 2.17 bits per heavy atom. The van der Waals surface area contributed by atoms with E-state index in [1.165, 1.54) is 13.0 Å². The lowest BCUT2D eigenvalue weighted by molar-refractivity contribution is -0.0555. The molecular formula is C26H31ClF2N4O2. The van der Waals surface area contributed by atoms with Gasteiger partial charge in [-0.25, -0.2) is 18.6 Å². The van der Waals surface area contributed by atoms with Gasteiger partial charge in [-0.05, 0) is 43.9 Å². The van der Waals surface area contributed by atoms with E-state index in [2.05, 4.69) is 15.3 Å². The van der Waals surface area contributed by atoms with Crippen molar-refractivity contribution in [1.82, 2.24) is 15.2 Å². The third-order valence-corrected chi connectivity index (χ3v) is 6.85. The molecule has 2 atom stereocenters. The summed E-state index contributed by atoms with van der Waals surface area (Å²) in [5.41, 5.74) is 2.67. The predicted molar refractivity (Wildman–Crippen MR) is 134 cm³/mol. The number of hydrogen-bond acceptors (Lipinski definition) is 4. The molecule has 1 aromatic rings. The fourth-order valence-electron chi connectivity index (χ4n) is 4.46. The van der Waals surface area contributed by atoms with Crippen LogP contribution in [0.3, 0.4) is 0 Å². The molecule has 188 valence electrons. The molecule has 0 saturated carbocycles. The number of nitrogens with zero attached hydrogens (tertiary/aromatic N) is 3. The molecule has 1 aromatic heterocycles. The van der Waals surface area contributed by atoms with Crippen LogP contribution >= 0.6 is 11.6 Å². The smallest absolute Gasteiger partial charge is 0.322 e. The Hall–Kier alpha value is -2.74. The van der Waals surface area contributed by atoms with Crippen molar-refractivity contribution in [3.8, 4) is 0 Å². The van der Waals surface area contributed by atoms with Gasteiger partial charge in [-0.15, -0.1) is 0 Å². The number of alkyl halides is 2. The summed E-state index contributed by atoms with van der Waals surface area (Å²) in [6, 6.07) is 1.54. The molecule has 3 aliphatic rings. The summed E-state index contributed by atoms with van der Waals surface area (Å²) in [4.78, 5) is 23.5. The van der Waals surface area contributed by atoms with Gasteiger partial charge in [-0.3, -0.25) is 4.98 Å². The zero-order valence-electron chi connectivity index (χ0n) is 20.4. The Balaban J connectivity index is 1.38. The SMILES string of the molecule is CCC(F)(F)C1C=CC(NC(=O)N2CC=C(c3ncc(C4=NC(C)(C)CO4)cc3Cl)CC2)=CC1C. The summed E-state index contributed by atoms with van der Waals surface area (Å²) in [5.74, 6) is -3.46. The highest BCUT2D eigenvalue weighted by molar-refractivity contribution is 6.32. The second kappa shape index (κ2) is 9.72. The topological polar surface area (TPSA) is 66.8 Å². The van der Waals surface area contributed by atoms with Gasteiger partial charge in [0, 0.05) is 37.3 Å². The molecule has 2 unspecified atom stereocenters. The minimum Gasteiger partial charge on any atom is -0.475 e. The van der Waals surface area contributed by atoms with Crippen LogP contribution in [-0.2, 0) is 4.74 Å². The van der Waals surface area contributed by atoms with Gasteiger partial charge >= 0.3 is 6.03 Å². The Bertz CT molecular complexity index is 1130. The van der Waals surface area contributed by atoms with E-state index >= 15 is 0 Å². The lowest BCUT2D eigenvalue weighted by Gasteiger charge is -2.31. The van der Waals surface area contributed by atoms with Crippen molar-refractivity contribution in [1.29, 1.82) is 0 Å². The first-order chi connectivity index (χ1) is 16.5. The molecule has 1 N–H and O–H groups in total. The van der Waals surface area contributed by atoms with Gasteiger partial charge in [0.25, 0.3) is 5.92 Å². The number of ether oxygens (including phenoxy) is 1. The summed E-state index contributed by atoms with van der Waals surface area (Å²) < 4.78 is 33.9. The van der Waals surface area contributed by atoms with Crippen LogP contribution in [0.15, 0.2) is 47.3 Å². The largest absolute Gasteiger partial charge is 0.475 e. The van der Waals surface area contributed by atoms with Crippen molar-refractivity contribution in [3.05, 3.63) is 58.5 Å². The molecule has 0 aromatic carbocycles. The number of amides is 2. The van der Waals surface area contributed by atoms with Crippen LogP contribution in [0.4, 0.5) is 13.6 Å². The standard InChI is InChI=1S/C26H31ClF2N4O2/c1-5-26(28,29)20-7-6-19(12-16(20)2)31-24(34)33-10-8-17(9-11-33)22-21(27)13-18(14-30-22)23-32-25(3,4)15-35-23/h6-8,12-14,16,20H,5,9-11,15H2,1-4H3,(H,31,34). The number of rotatable bonds is 5. The lowest BCUT2D eigenvalue weighted by atomic mass is 9.83. The zero-order chi connectivity index (χ0) is 25.4. The number of carbonyl (C=O) groups excluding carboxylic acids is 1. The average Bonchev–Trinajstić information content (AvgIpc) is 3.18. The van der Waals surface area contributed by atoms with Crippen molar-refractivity contribution in [3.63, 3.8) is 0 Å². The van der Waals surface area contributed by atoms with Crippen molar-refractivity contribution in [2.45, 2.75) is 52.0 Å². The molecule has 0 saturated heterocycles. The van der Waals surface area contributed by atoms with E-state index in [-0.39, 0.29) is 23.9 Å². The van der Waals surface area contributed by atoms with Crippen LogP contribution in [0.25, 0.3) is 5.57 Å². The number of nitrogens with one attached hydrogen (secondary N) is 1. The number of hydrogen-bond donors (Lipinski definition) is 1. The van der Waals surface area contributed by atoms with E-state index in [1.807, 2.05) is 26.0 Å². The zero-order valence-corrected chi connectivity index (χ0v) is 21.2. The third kappa shape index (κ3) is 5.58. The van der Waals surface area contributed by atoms with Gasteiger partial charge in [0.1, 0.15) is 6.61 Å². The minimum absolute atomic E-state index is 0.216. The minimum atomic E-state index is -2.77. The molecular weight excluding hydrogens is 474 g/mol. The van der Waals surface area contributed by atoms with E-state index in [0.29, 0.717) is 48.4 Å². The van der Waals surface area contributed by atoms with Crippen molar-refractivity contribution < 1.29 is 18.3 Å². The lowest BCUT2D eigenvalue weighted by Crippen LogP contribution is -2.42. The quantitative estimate of drug-likeness (QED) is 0.547. The van der Waals surface area contributed by atoms with E-state index in [1.54, 1.807) is 30.2 Å². The van der Waals surface area contributed by atoms with Gasteiger partial charge in [0.15, 0.2) is 0 Å². The Morgan fingerprint density at radius 1 is 1.40 bits per heavy atom. The maximum atomic E-state index is 14.1. The fraction of sp³-hybridized carbons (Fsp3) is 0.500. The molecule has 0 radical (unpaired) electrons. The molecule has 1 aliphatic carbocycles. The number of pyridine rings is 1. The monoisotopic (exact) mass is 504 g/mol. The van der Waals surface area contributed by atoms with E-state index in [4.69, 9.17) is 16.3 Å². The Morgan fingerprint density at radius 3 is 2.74 bits per heavy atom. The van der Waals surface area contributed by atoms with Crippen molar-refractivity contribution in [2.75, 3.05) is 19.7 Å². The van der Waals surface area contributed by atoms with Gasteiger partial charge in [0.05, 0.1) is 21.8 Å². The summed E-state index contributed by atoms with van der Waals surface area (Å²) in [6.07, 6.45) is 8.80. The second-order valence-electron chi connectivity index (χ2n) is 9.91. The first kappa shape index (κ1) is 25.4. The summed E-state index contributed by atoms with van der Waals surface area (Å²) in [6.45, 7) is 8.63. The number of urea groups is 1. The van der Waals surface area contributed by atoms with Gasteiger partial charge in [-0.2, -0.15) is 0 Å². The molecule has 6 nitrogen and oxygen atoms in total. The van der Waals surface area contributed by atoms with Crippen LogP contribution in [0, 0.1) is 11.8 Å². The Labute approximate surface area is 209 Å². The first-order valence-electron chi connectivity index (χ1n) is 11.9. The molecule has 2 amide bonds. The molecule has 3 heterocycles. The third-order valence-electron chi connectivity index (χ3n) is 6.56. The highest BCUT2D eigenvalue weighted by atomic mass is 35.5. The molecule has 2 aliphatic heterocycles. The molecule has 0 fully saturated rings. The van der Waals surface area contributed by atoms with Crippen LogP contribution in [0.5, 0.6) is 0 Å². The van der Waals surface area contributed by atoms with Crippen LogP contribution in [0.1, 0.15) is 51.8 Å². The highest BCUT2D eigenvalue weighted by Gasteiger charge is 2.40. The number of allylic oxidation sites excluding steroid dienone is 3. The van der Waals surface area contributed by atoms with Gasteiger partial charge < -0.3 is 15.0 Å². The molecule has 0 spiro atoms. The maximum Gasteiger partial charge on any atom is 0.322 e. The number of halogens is 3. The maximum absolute atomic E-state index is 14.1. The van der Waals surface area contributed by atoms with E-state index < -0.39 is 11.8 Å².